The van der Waals surface area contributed by atoms with E-state index in [1.54, 1.807) is 12.7 Å². The average molecular weight is 524 g/mol. The SMILES string of the molecule is COc1ccc(CN=C(NCCC2=CCCCC2)NCc2nnc(C)n2C)cc1.I. The zero-order chi connectivity index (χ0) is 20.5. The van der Waals surface area contributed by atoms with Crippen molar-refractivity contribution in [3.05, 3.63) is 53.1 Å². The maximum atomic E-state index is 5.23. The number of guanidine groups is 1. The normalized spacial score (nSPS) is 14.0. The number of methoxy groups -OCH3 is 1. The Morgan fingerprint density at radius 1 is 1.17 bits per heavy atom. The van der Waals surface area contributed by atoms with Crippen LogP contribution in [0.1, 0.15) is 49.3 Å². The molecule has 1 aromatic heterocycles. The molecule has 1 aliphatic carbocycles. The van der Waals surface area contributed by atoms with E-state index in [-0.39, 0.29) is 24.0 Å². The molecule has 0 bridgehead atoms. The highest BCUT2D eigenvalue weighted by atomic mass is 127. The molecule has 0 radical (unpaired) electrons. The fraction of sp³-hybridized carbons (Fsp3) is 0.500. The Hall–Kier alpha value is -2.10. The highest BCUT2D eigenvalue weighted by Gasteiger charge is 2.08. The van der Waals surface area contributed by atoms with Gasteiger partial charge in [0.25, 0.3) is 0 Å². The number of ether oxygens (including phenoxy) is 1. The summed E-state index contributed by atoms with van der Waals surface area (Å²) in [4.78, 5) is 4.76. The lowest BCUT2D eigenvalue weighted by molar-refractivity contribution is 0.414. The van der Waals surface area contributed by atoms with Crippen molar-refractivity contribution >= 4 is 29.9 Å². The molecule has 0 spiro atoms. The van der Waals surface area contributed by atoms with Crippen LogP contribution < -0.4 is 15.4 Å². The van der Waals surface area contributed by atoms with E-state index in [0.29, 0.717) is 13.1 Å². The van der Waals surface area contributed by atoms with Crippen molar-refractivity contribution in [3.8, 4) is 5.75 Å². The number of allylic oxidation sites excluding steroid dienone is 1. The van der Waals surface area contributed by atoms with E-state index in [1.807, 2.05) is 42.8 Å². The van der Waals surface area contributed by atoms with Crippen molar-refractivity contribution in [1.82, 2.24) is 25.4 Å². The van der Waals surface area contributed by atoms with Crippen molar-refractivity contribution in [2.24, 2.45) is 12.0 Å². The molecular weight excluding hydrogens is 491 g/mol. The van der Waals surface area contributed by atoms with E-state index >= 15 is 0 Å². The minimum absolute atomic E-state index is 0. The van der Waals surface area contributed by atoms with Crippen molar-refractivity contribution in [3.63, 3.8) is 0 Å². The first kappa shape index (κ1) is 24.2. The lowest BCUT2D eigenvalue weighted by Crippen LogP contribution is -2.38. The Morgan fingerprint density at radius 3 is 2.60 bits per heavy atom. The van der Waals surface area contributed by atoms with Gasteiger partial charge < -0.3 is 19.9 Å². The fourth-order valence-corrected chi connectivity index (χ4v) is 3.32. The first-order valence-electron chi connectivity index (χ1n) is 10.3. The van der Waals surface area contributed by atoms with Crippen LogP contribution >= 0.6 is 24.0 Å². The fourth-order valence-electron chi connectivity index (χ4n) is 3.32. The quantitative estimate of drug-likeness (QED) is 0.237. The molecule has 1 aromatic carbocycles. The van der Waals surface area contributed by atoms with E-state index in [1.165, 1.54) is 25.7 Å². The van der Waals surface area contributed by atoms with E-state index < -0.39 is 0 Å². The molecule has 1 heterocycles. The Morgan fingerprint density at radius 2 is 1.97 bits per heavy atom. The van der Waals surface area contributed by atoms with Crippen LogP contribution in [0.15, 0.2) is 40.9 Å². The Labute approximate surface area is 196 Å². The van der Waals surface area contributed by atoms with Crippen molar-refractivity contribution in [2.75, 3.05) is 13.7 Å². The zero-order valence-electron chi connectivity index (χ0n) is 18.1. The molecule has 0 saturated heterocycles. The van der Waals surface area contributed by atoms with Crippen LogP contribution in [0.5, 0.6) is 5.75 Å². The van der Waals surface area contributed by atoms with E-state index in [0.717, 1.165) is 41.9 Å². The molecule has 0 atom stereocenters. The number of nitrogens with zero attached hydrogens (tertiary/aromatic N) is 4. The first-order chi connectivity index (χ1) is 14.2. The van der Waals surface area contributed by atoms with Gasteiger partial charge in [0, 0.05) is 13.6 Å². The molecule has 30 heavy (non-hydrogen) atoms. The van der Waals surface area contributed by atoms with E-state index in [2.05, 4.69) is 26.9 Å². The number of benzene rings is 1. The van der Waals surface area contributed by atoms with Crippen LogP contribution in [0, 0.1) is 6.92 Å². The molecule has 0 amide bonds. The number of halogens is 1. The predicted octanol–water partition coefficient (Wildman–Crippen LogP) is 3.88. The Bertz CT molecular complexity index is 844. The average Bonchev–Trinajstić information content (AvgIpc) is 3.08. The van der Waals surface area contributed by atoms with Gasteiger partial charge in [-0.05, 0) is 56.7 Å². The van der Waals surface area contributed by atoms with Gasteiger partial charge in [-0.15, -0.1) is 34.2 Å². The van der Waals surface area contributed by atoms with Gasteiger partial charge in [-0.25, -0.2) is 4.99 Å². The third-order valence-electron chi connectivity index (χ3n) is 5.30. The smallest absolute Gasteiger partial charge is 0.191 e. The minimum atomic E-state index is 0. The largest absolute Gasteiger partial charge is 0.497 e. The summed E-state index contributed by atoms with van der Waals surface area (Å²) in [5, 5.41) is 15.2. The summed E-state index contributed by atoms with van der Waals surface area (Å²) in [6, 6.07) is 8.00. The second-order valence-electron chi connectivity index (χ2n) is 7.37. The van der Waals surface area contributed by atoms with Gasteiger partial charge in [0.05, 0.1) is 20.2 Å². The Balaban J connectivity index is 0.00000320. The van der Waals surface area contributed by atoms with Crippen molar-refractivity contribution < 1.29 is 4.74 Å². The molecule has 8 heteroatoms. The van der Waals surface area contributed by atoms with Crippen LogP contribution in [0.25, 0.3) is 0 Å². The first-order valence-corrected chi connectivity index (χ1v) is 10.3. The molecule has 2 aromatic rings. The van der Waals surface area contributed by atoms with Gasteiger partial charge in [0.2, 0.25) is 0 Å². The molecule has 0 saturated carbocycles. The lowest BCUT2D eigenvalue weighted by atomic mass is 9.97. The standard InChI is InChI=1S/C22H32N6O.HI/c1-17-26-27-21(28(17)2)16-25-22(23-14-13-18-7-5-4-6-8-18)24-15-19-9-11-20(29-3)12-10-19;/h7,9-12H,4-6,8,13-16H2,1-3H3,(H2,23,24,25);1H. The summed E-state index contributed by atoms with van der Waals surface area (Å²) in [5.41, 5.74) is 2.69. The van der Waals surface area contributed by atoms with Crippen LogP contribution in [0.3, 0.4) is 0 Å². The lowest BCUT2D eigenvalue weighted by Gasteiger charge is -2.15. The summed E-state index contributed by atoms with van der Waals surface area (Å²) in [6.45, 7) is 4.00. The third-order valence-corrected chi connectivity index (χ3v) is 5.30. The number of aromatic nitrogens is 3. The van der Waals surface area contributed by atoms with Gasteiger partial charge in [0.1, 0.15) is 11.6 Å². The Kier molecular flexibility index (Phi) is 10.1. The molecular formula is C22H33IN6O. The molecule has 1 aliphatic rings. The molecule has 164 valence electrons. The summed E-state index contributed by atoms with van der Waals surface area (Å²) in [5.74, 6) is 3.43. The van der Waals surface area contributed by atoms with Crippen LogP contribution in [-0.2, 0) is 20.1 Å². The molecule has 0 aliphatic heterocycles. The van der Waals surface area contributed by atoms with Gasteiger partial charge in [-0.2, -0.15) is 0 Å². The van der Waals surface area contributed by atoms with Crippen molar-refractivity contribution in [2.45, 2.75) is 52.1 Å². The monoisotopic (exact) mass is 524 g/mol. The summed E-state index contributed by atoms with van der Waals surface area (Å²) >= 11 is 0. The van der Waals surface area contributed by atoms with Gasteiger partial charge in [-0.1, -0.05) is 23.8 Å². The van der Waals surface area contributed by atoms with E-state index in [4.69, 9.17) is 9.73 Å². The molecule has 0 unspecified atom stereocenters. The summed E-state index contributed by atoms with van der Waals surface area (Å²) < 4.78 is 7.21. The molecule has 7 nitrogen and oxygen atoms in total. The maximum absolute atomic E-state index is 5.23. The molecule has 2 N–H and O–H groups in total. The van der Waals surface area contributed by atoms with Crippen LogP contribution in [0.4, 0.5) is 0 Å². The van der Waals surface area contributed by atoms with Gasteiger partial charge in [0.15, 0.2) is 11.8 Å². The number of nitrogens with one attached hydrogen (secondary N) is 2. The number of aryl methyl sites for hydroxylation is 1. The predicted molar refractivity (Wildman–Crippen MR) is 131 cm³/mol. The minimum Gasteiger partial charge on any atom is -0.497 e. The summed E-state index contributed by atoms with van der Waals surface area (Å²) in [6.07, 6.45) is 8.54. The van der Waals surface area contributed by atoms with E-state index in [9.17, 15) is 0 Å². The third kappa shape index (κ3) is 7.30. The highest BCUT2D eigenvalue weighted by molar-refractivity contribution is 14.0. The van der Waals surface area contributed by atoms with Crippen LogP contribution in [-0.4, -0.2) is 34.4 Å². The topological polar surface area (TPSA) is 76.4 Å². The number of hydrogen-bond acceptors (Lipinski definition) is 4. The second-order valence-corrected chi connectivity index (χ2v) is 7.37. The molecule has 0 fully saturated rings. The zero-order valence-corrected chi connectivity index (χ0v) is 20.5. The number of aliphatic imine (C=N–C) groups is 1. The number of rotatable bonds is 8. The van der Waals surface area contributed by atoms with Crippen LogP contribution in [0.2, 0.25) is 0 Å². The second kappa shape index (κ2) is 12.6. The van der Waals surface area contributed by atoms with Crippen molar-refractivity contribution in [1.29, 1.82) is 0 Å². The van der Waals surface area contributed by atoms with Gasteiger partial charge >= 0.3 is 0 Å². The maximum Gasteiger partial charge on any atom is 0.191 e. The van der Waals surface area contributed by atoms with Gasteiger partial charge in [-0.3, -0.25) is 0 Å². The number of hydrogen-bond donors (Lipinski definition) is 2. The summed E-state index contributed by atoms with van der Waals surface area (Å²) in [7, 11) is 3.65. The highest BCUT2D eigenvalue weighted by Crippen LogP contribution is 2.19. The molecule has 3 rings (SSSR count).